The van der Waals surface area contributed by atoms with Gasteiger partial charge in [-0.25, -0.2) is 9.18 Å². The number of hydrogen-bond acceptors (Lipinski definition) is 3. The highest BCUT2D eigenvalue weighted by Crippen LogP contribution is 2.44. The molecule has 1 aliphatic rings. The molecule has 1 heterocycles. The van der Waals surface area contributed by atoms with Crippen LogP contribution in [0.3, 0.4) is 0 Å². The van der Waals surface area contributed by atoms with Crippen molar-refractivity contribution in [2.75, 3.05) is 18.6 Å². The third-order valence-corrected chi connectivity index (χ3v) is 6.01. The molecule has 0 saturated heterocycles. The zero-order chi connectivity index (χ0) is 22.0. The van der Waals surface area contributed by atoms with Crippen LogP contribution in [0.5, 0.6) is 5.75 Å². The van der Waals surface area contributed by atoms with Gasteiger partial charge in [-0.2, -0.15) is 0 Å². The number of rotatable bonds is 5. The lowest BCUT2D eigenvalue weighted by Gasteiger charge is -2.48. The minimum atomic E-state index is -0.978. The predicted molar refractivity (Wildman–Crippen MR) is 120 cm³/mol. The van der Waals surface area contributed by atoms with Crippen LogP contribution in [0.15, 0.2) is 72.8 Å². The second-order valence-corrected chi connectivity index (χ2v) is 7.77. The molecule has 1 aliphatic heterocycles. The number of hydrogen-bond donors (Lipinski definition) is 1. The van der Waals surface area contributed by atoms with Crippen LogP contribution in [0.1, 0.15) is 29.2 Å². The van der Waals surface area contributed by atoms with Crippen molar-refractivity contribution >= 4 is 17.7 Å². The van der Waals surface area contributed by atoms with Crippen molar-refractivity contribution in [2.24, 2.45) is 0 Å². The Morgan fingerprint density at radius 3 is 2.45 bits per heavy atom. The number of anilines is 1. The SMILES string of the molecule is COc1ccc2c(c1)CCN(c1ccc(F)cc1)C2(C)c1ccc(C=CC(=O)O)cc1. The second kappa shape index (κ2) is 8.26. The molecule has 0 fully saturated rings. The van der Waals surface area contributed by atoms with Gasteiger partial charge in [-0.05, 0) is 78.1 Å². The van der Waals surface area contributed by atoms with Crippen molar-refractivity contribution in [3.05, 3.63) is 101 Å². The first kappa shape index (κ1) is 20.7. The third-order valence-electron chi connectivity index (χ3n) is 6.01. The number of aliphatic carboxylic acids is 1. The van der Waals surface area contributed by atoms with Gasteiger partial charge >= 0.3 is 5.97 Å². The highest BCUT2D eigenvalue weighted by atomic mass is 19.1. The van der Waals surface area contributed by atoms with Gasteiger partial charge in [-0.15, -0.1) is 0 Å². The molecular weight excluding hydrogens is 393 g/mol. The van der Waals surface area contributed by atoms with Crippen molar-refractivity contribution in [1.29, 1.82) is 0 Å². The minimum Gasteiger partial charge on any atom is -0.497 e. The summed E-state index contributed by atoms with van der Waals surface area (Å²) >= 11 is 0. The molecule has 1 N–H and O–H groups in total. The van der Waals surface area contributed by atoms with Crippen LogP contribution < -0.4 is 9.64 Å². The van der Waals surface area contributed by atoms with E-state index in [1.807, 2.05) is 42.5 Å². The first-order valence-corrected chi connectivity index (χ1v) is 10.1. The number of halogens is 1. The average Bonchev–Trinajstić information content (AvgIpc) is 2.78. The number of fused-ring (bicyclic) bond motifs is 1. The molecule has 3 aromatic rings. The molecule has 1 atom stereocenters. The zero-order valence-electron chi connectivity index (χ0n) is 17.5. The van der Waals surface area contributed by atoms with E-state index in [0.717, 1.165) is 47.2 Å². The Labute approximate surface area is 181 Å². The summed E-state index contributed by atoms with van der Waals surface area (Å²) in [5.74, 6) is -0.415. The highest BCUT2D eigenvalue weighted by molar-refractivity contribution is 5.85. The molecular formula is C26H24FNO3. The Morgan fingerprint density at radius 1 is 1.10 bits per heavy atom. The molecule has 158 valence electrons. The van der Waals surface area contributed by atoms with E-state index in [9.17, 15) is 9.18 Å². The predicted octanol–water partition coefficient (Wildman–Crippen LogP) is 5.26. The summed E-state index contributed by atoms with van der Waals surface area (Å²) in [6.45, 7) is 2.94. The van der Waals surface area contributed by atoms with E-state index in [1.165, 1.54) is 17.7 Å². The minimum absolute atomic E-state index is 0.262. The van der Waals surface area contributed by atoms with Crippen molar-refractivity contribution in [3.63, 3.8) is 0 Å². The fourth-order valence-electron chi connectivity index (χ4n) is 4.39. The molecule has 0 saturated carbocycles. The average molecular weight is 417 g/mol. The second-order valence-electron chi connectivity index (χ2n) is 7.77. The quantitative estimate of drug-likeness (QED) is 0.576. The molecule has 0 radical (unpaired) electrons. The number of ether oxygens (including phenoxy) is 1. The Hall–Kier alpha value is -3.60. The molecule has 5 heteroatoms. The Bertz CT molecular complexity index is 1120. The number of methoxy groups -OCH3 is 1. The number of nitrogens with zero attached hydrogens (tertiary/aromatic N) is 1. The van der Waals surface area contributed by atoms with Crippen molar-refractivity contribution in [3.8, 4) is 5.75 Å². The van der Waals surface area contributed by atoms with E-state index < -0.39 is 11.5 Å². The molecule has 31 heavy (non-hydrogen) atoms. The summed E-state index contributed by atoms with van der Waals surface area (Å²) in [7, 11) is 1.66. The Kier molecular flexibility index (Phi) is 5.51. The van der Waals surface area contributed by atoms with E-state index in [2.05, 4.69) is 24.0 Å². The molecule has 0 aliphatic carbocycles. The number of carbonyl (C=O) groups is 1. The van der Waals surface area contributed by atoms with Gasteiger partial charge < -0.3 is 14.7 Å². The summed E-state index contributed by atoms with van der Waals surface area (Å²) in [4.78, 5) is 13.1. The van der Waals surface area contributed by atoms with Crippen LogP contribution in [0, 0.1) is 5.82 Å². The fraction of sp³-hybridized carbons (Fsp3) is 0.192. The van der Waals surface area contributed by atoms with Crippen LogP contribution in [0.2, 0.25) is 0 Å². The number of carboxylic acids is 1. The Morgan fingerprint density at radius 2 is 1.81 bits per heavy atom. The molecule has 4 nitrogen and oxygen atoms in total. The van der Waals surface area contributed by atoms with E-state index in [-0.39, 0.29) is 5.82 Å². The van der Waals surface area contributed by atoms with Gasteiger partial charge in [0.2, 0.25) is 0 Å². The number of carboxylic acid groups (broad SMARTS) is 1. The standard InChI is InChI=1S/C26H24FNO3/c1-26(20-6-3-18(4-7-20)5-14-25(29)30)24-13-12-23(31-2)17-19(24)15-16-28(26)22-10-8-21(27)9-11-22/h3-14,17H,15-16H2,1-2H3,(H,29,30). The maximum absolute atomic E-state index is 13.6. The third kappa shape index (κ3) is 3.91. The maximum atomic E-state index is 13.6. The van der Waals surface area contributed by atoms with Gasteiger partial charge in [-0.3, -0.25) is 0 Å². The summed E-state index contributed by atoms with van der Waals surface area (Å²) in [6, 6.07) is 20.6. The van der Waals surface area contributed by atoms with E-state index in [4.69, 9.17) is 9.84 Å². The number of benzene rings is 3. The van der Waals surface area contributed by atoms with Crippen LogP contribution in [0.25, 0.3) is 6.08 Å². The summed E-state index contributed by atoms with van der Waals surface area (Å²) in [5.41, 5.74) is 4.71. The molecule has 0 aromatic heterocycles. The van der Waals surface area contributed by atoms with Gasteiger partial charge in [-0.1, -0.05) is 30.3 Å². The normalized spacial score (nSPS) is 18.1. The smallest absolute Gasteiger partial charge is 0.328 e. The maximum Gasteiger partial charge on any atom is 0.328 e. The molecule has 0 spiro atoms. The molecule has 0 bridgehead atoms. The lowest BCUT2D eigenvalue weighted by atomic mass is 9.76. The molecule has 3 aromatic carbocycles. The van der Waals surface area contributed by atoms with Crippen molar-refractivity contribution in [1.82, 2.24) is 0 Å². The molecule has 4 rings (SSSR count). The van der Waals surface area contributed by atoms with Crippen LogP contribution in [-0.4, -0.2) is 24.7 Å². The fourth-order valence-corrected chi connectivity index (χ4v) is 4.39. The van der Waals surface area contributed by atoms with Crippen molar-refractivity contribution < 1.29 is 19.0 Å². The topological polar surface area (TPSA) is 49.8 Å². The van der Waals surface area contributed by atoms with Gasteiger partial charge in [0.25, 0.3) is 0 Å². The first-order valence-electron chi connectivity index (χ1n) is 10.1. The molecule has 0 amide bonds. The lowest BCUT2D eigenvalue weighted by Crippen LogP contribution is -2.49. The van der Waals surface area contributed by atoms with Crippen LogP contribution in [-0.2, 0) is 16.8 Å². The van der Waals surface area contributed by atoms with E-state index in [0.29, 0.717) is 0 Å². The summed E-state index contributed by atoms with van der Waals surface area (Å²) < 4.78 is 19.0. The van der Waals surface area contributed by atoms with Crippen LogP contribution in [0.4, 0.5) is 10.1 Å². The largest absolute Gasteiger partial charge is 0.497 e. The first-order chi connectivity index (χ1) is 14.9. The van der Waals surface area contributed by atoms with Gasteiger partial charge in [0.1, 0.15) is 11.6 Å². The summed E-state index contributed by atoms with van der Waals surface area (Å²) in [5, 5.41) is 8.88. The highest BCUT2D eigenvalue weighted by Gasteiger charge is 2.40. The lowest BCUT2D eigenvalue weighted by molar-refractivity contribution is -0.131. The van der Waals surface area contributed by atoms with E-state index in [1.54, 1.807) is 13.2 Å². The van der Waals surface area contributed by atoms with Crippen molar-refractivity contribution in [2.45, 2.75) is 18.9 Å². The van der Waals surface area contributed by atoms with E-state index >= 15 is 0 Å². The zero-order valence-corrected chi connectivity index (χ0v) is 17.5. The van der Waals surface area contributed by atoms with Gasteiger partial charge in [0, 0.05) is 18.3 Å². The molecule has 1 unspecified atom stereocenters. The summed E-state index contributed by atoms with van der Waals surface area (Å²) in [6.07, 6.45) is 3.55. The van der Waals surface area contributed by atoms with Crippen LogP contribution >= 0.6 is 0 Å². The Balaban J connectivity index is 1.84. The van der Waals surface area contributed by atoms with Gasteiger partial charge in [0.15, 0.2) is 0 Å². The van der Waals surface area contributed by atoms with Gasteiger partial charge in [0.05, 0.1) is 12.6 Å². The monoisotopic (exact) mass is 417 g/mol.